The van der Waals surface area contributed by atoms with E-state index in [1.54, 1.807) is 0 Å². The average molecular weight is 247 g/mol. The standard InChI is InChI=1S/C14H21N3O/c1-11(15-16-12(2)18)5-6-13-7-9-14(10-8-13)17(3)4/h7-10H,5-6H2,1-4H3,(H,16,18)/b15-11-. The summed E-state index contributed by atoms with van der Waals surface area (Å²) < 4.78 is 0. The van der Waals surface area contributed by atoms with Crippen LogP contribution in [0.2, 0.25) is 0 Å². The molecule has 0 aliphatic heterocycles. The van der Waals surface area contributed by atoms with Crippen LogP contribution in [-0.2, 0) is 11.2 Å². The van der Waals surface area contributed by atoms with E-state index in [2.05, 4.69) is 39.7 Å². The summed E-state index contributed by atoms with van der Waals surface area (Å²) >= 11 is 0. The number of hydrazone groups is 1. The highest BCUT2D eigenvalue weighted by atomic mass is 16.2. The van der Waals surface area contributed by atoms with Crippen molar-refractivity contribution in [2.45, 2.75) is 26.7 Å². The molecule has 0 saturated heterocycles. The van der Waals surface area contributed by atoms with E-state index >= 15 is 0 Å². The number of hydrogen-bond donors (Lipinski definition) is 1. The average Bonchev–Trinajstić information content (AvgIpc) is 2.34. The number of carbonyl (C=O) groups is 1. The minimum atomic E-state index is -0.135. The number of carbonyl (C=O) groups excluding carboxylic acids is 1. The van der Waals surface area contributed by atoms with Gasteiger partial charge in [0.05, 0.1) is 0 Å². The normalized spacial score (nSPS) is 11.2. The third-order valence-corrected chi connectivity index (χ3v) is 2.63. The molecule has 0 saturated carbocycles. The number of aryl methyl sites for hydroxylation is 1. The molecule has 0 heterocycles. The van der Waals surface area contributed by atoms with Gasteiger partial charge in [0.1, 0.15) is 0 Å². The highest BCUT2D eigenvalue weighted by Gasteiger charge is 1.98. The molecule has 1 rings (SSSR count). The fourth-order valence-electron chi connectivity index (χ4n) is 1.52. The van der Waals surface area contributed by atoms with Crippen molar-refractivity contribution in [1.29, 1.82) is 0 Å². The van der Waals surface area contributed by atoms with Gasteiger partial charge in [-0.25, -0.2) is 5.43 Å². The molecule has 1 N–H and O–H groups in total. The minimum absolute atomic E-state index is 0.135. The summed E-state index contributed by atoms with van der Waals surface area (Å²) in [5, 5.41) is 3.99. The van der Waals surface area contributed by atoms with Gasteiger partial charge in [0.2, 0.25) is 5.91 Å². The van der Waals surface area contributed by atoms with Crippen LogP contribution in [0.5, 0.6) is 0 Å². The zero-order valence-electron chi connectivity index (χ0n) is 11.5. The molecule has 1 aromatic carbocycles. The van der Waals surface area contributed by atoms with E-state index in [0.717, 1.165) is 18.6 Å². The highest BCUT2D eigenvalue weighted by molar-refractivity contribution is 5.84. The van der Waals surface area contributed by atoms with Crippen molar-refractivity contribution in [2.24, 2.45) is 5.10 Å². The Morgan fingerprint density at radius 1 is 1.22 bits per heavy atom. The Morgan fingerprint density at radius 3 is 2.33 bits per heavy atom. The zero-order chi connectivity index (χ0) is 13.5. The zero-order valence-corrected chi connectivity index (χ0v) is 11.5. The number of anilines is 1. The lowest BCUT2D eigenvalue weighted by Crippen LogP contribution is -2.14. The van der Waals surface area contributed by atoms with E-state index in [9.17, 15) is 4.79 Å². The largest absolute Gasteiger partial charge is 0.378 e. The summed E-state index contributed by atoms with van der Waals surface area (Å²) in [6.07, 6.45) is 1.78. The predicted octanol–water partition coefficient (Wildman–Crippen LogP) is 2.20. The lowest BCUT2D eigenvalue weighted by atomic mass is 10.1. The summed E-state index contributed by atoms with van der Waals surface area (Å²) in [5.41, 5.74) is 5.85. The molecule has 0 bridgehead atoms. The van der Waals surface area contributed by atoms with Crippen LogP contribution in [-0.4, -0.2) is 25.7 Å². The molecule has 0 unspecified atom stereocenters. The number of nitrogens with one attached hydrogen (secondary N) is 1. The Kier molecular flexibility index (Phi) is 5.36. The van der Waals surface area contributed by atoms with Crippen LogP contribution in [0.4, 0.5) is 5.69 Å². The van der Waals surface area contributed by atoms with Gasteiger partial charge in [-0.15, -0.1) is 0 Å². The van der Waals surface area contributed by atoms with Gasteiger partial charge in [-0.2, -0.15) is 5.10 Å². The molecule has 4 heteroatoms. The molecule has 1 aromatic rings. The number of rotatable bonds is 5. The van der Waals surface area contributed by atoms with E-state index < -0.39 is 0 Å². The van der Waals surface area contributed by atoms with E-state index in [-0.39, 0.29) is 5.91 Å². The molecule has 0 spiro atoms. The van der Waals surface area contributed by atoms with Crippen LogP contribution in [0.25, 0.3) is 0 Å². The van der Waals surface area contributed by atoms with Gasteiger partial charge in [-0.1, -0.05) is 12.1 Å². The van der Waals surface area contributed by atoms with E-state index in [1.165, 1.54) is 18.2 Å². The van der Waals surface area contributed by atoms with E-state index in [4.69, 9.17) is 0 Å². The van der Waals surface area contributed by atoms with Crippen molar-refractivity contribution in [3.8, 4) is 0 Å². The smallest absolute Gasteiger partial charge is 0.236 e. The van der Waals surface area contributed by atoms with Crippen molar-refractivity contribution in [1.82, 2.24) is 5.43 Å². The van der Waals surface area contributed by atoms with Crippen molar-refractivity contribution >= 4 is 17.3 Å². The Balaban J connectivity index is 2.48. The van der Waals surface area contributed by atoms with Crippen molar-refractivity contribution in [2.75, 3.05) is 19.0 Å². The lowest BCUT2D eigenvalue weighted by Gasteiger charge is -2.12. The van der Waals surface area contributed by atoms with Crippen LogP contribution in [0.15, 0.2) is 29.4 Å². The first kappa shape index (κ1) is 14.2. The summed E-state index contributed by atoms with van der Waals surface area (Å²) in [7, 11) is 4.05. The molecule has 0 atom stereocenters. The second-order valence-corrected chi connectivity index (χ2v) is 4.58. The fraction of sp³-hybridized carbons (Fsp3) is 0.429. The molecule has 4 nitrogen and oxygen atoms in total. The molecule has 0 aliphatic rings. The van der Waals surface area contributed by atoms with Gasteiger partial charge in [0, 0.05) is 32.4 Å². The first-order chi connectivity index (χ1) is 8.49. The Labute approximate surface area is 109 Å². The monoisotopic (exact) mass is 247 g/mol. The highest BCUT2D eigenvalue weighted by Crippen LogP contribution is 2.13. The van der Waals surface area contributed by atoms with Gasteiger partial charge in [0.15, 0.2) is 0 Å². The molecule has 98 valence electrons. The number of nitrogens with zero attached hydrogens (tertiary/aromatic N) is 2. The van der Waals surface area contributed by atoms with E-state index in [1.807, 2.05) is 21.0 Å². The van der Waals surface area contributed by atoms with Crippen molar-refractivity contribution in [3.63, 3.8) is 0 Å². The van der Waals surface area contributed by atoms with Crippen LogP contribution in [0.3, 0.4) is 0 Å². The van der Waals surface area contributed by atoms with Gasteiger partial charge < -0.3 is 4.90 Å². The summed E-state index contributed by atoms with van der Waals surface area (Å²) in [4.78, 5) is 12.8. The lowest BCUT2D eigenvalue weighted by molar-refractivity contribution is -0.118. The van der Waals surface area contributed by atoms with Gasteiger partial charge in [-0.3, -0.25) is 4.79 Å². The van der Waals surface area contributed by atoms with Crippen molar-refractivity contribution < 1.29 is 4.79 Å². The minimum Gasteiger partial charge on any atom is -0.378 e. The Bertz CT molecular complexity index is 421. The van der Waals surface area contributed by atoms with E-state index in [0.29, 0.717) is 0 Å². The molecule has 0 radical (unpaired) electrons. The van der Waals surface area contributed by atoms with Crippen LogP contribution < -0.4 is 10.3 Å². The molecule has 0 aromatic heterocycles. The molecular formula is C14H21N3O. The summed E-state index contributed by atoms with van der Waals surface area (Å²) in [6, 6.07) is 8.47. The maximum Gasteiger partial charge on any atom is 0.236 e. The number of hydrogen-bond acceptors (Lipinski definition) is 3. The van der Waals surface area contributed by atoms with Gasteiger partial charge in [0.25, 0.3) is 0 Å². The third kappa shape index (κ3) is 4.99. The number of benzene rings is 1. The first-order valence-corrected chi connectivity index (χ1v) is 6.05. The summed E-state index contributed by atoms with van der Waals surface area (Å²) in [6.45, 7) is 3.38. The van der Waals surface area contributed by atoms with Gasteiger partial charge >= 0.3 is 0 Å². The van der Waals surface area contributed by atoms with Crippen LogP contribution >= 0.6 is 0 Å². The molecule has 1 amide bonds. The SMILES string of the molecule is CC(=O)N/N=C(/C)CCc1ccc(N(C)C)cc1. The second kappa shape index (κ2) is 6.79. The second-order valence-electron chi connectivity index (χ2n) is 4.58. The molecular weight excluding hydrogens is 226 g/mol. The maximum absolute atomic E-state index is 10.7. The molecule has 18 heavy (non-hydrogen) atoms. The molecule has 0 fully saturated rings. The Morgan fingerprint density at radius 2 is 1.83 bits per heavy atom. The van der Waals surface area contributed by atoms with Crippen LogP contribution in [0.1, 0.15) is 25.8 Å². The topological polar surface area (TPSA) is 44.7 Å². The Hall–Kier alpha value is -1.84. The maximum atomic E-state index is 10.7. The third-order valence-electron chi connectivity index (χ3n) is 2.63. The quantitative estimate of drug-likeness (QED) is 0.640. The number of amides is 1. The fourth-order valence-corrected chi connectivity index (χ4v) is 1.52. The first-order valence-electron chi connectivity index (χ1n) is 6.05. The molecule has 0 aliphatic carbocycles. The van der Waals surface area contributed by atoms with Gasteiger partial charge in [-0.05, 0) is 37.5 Å². The summed E-state index contributed by atoms with van der Waals surface area (Å²) in [5.74, 6) is -0.135. The predicted molar refractivity (Wildman–Crippen MR) is 76.0 cm³/mol. The van der Waals surface area contributed by atoms with Crippen molar-refractivity contribution in [3.05, 3.63) is 29.8 Å². The van der Waals surface area contributed by atoms with Crippen LogP contribution in [0, 0.1) is 0 Å².